The molecule has 0 radical (unpaired) electrons. The number of furan rings is 1. The second-order valence-corrected chi connectivity index (χ2v) is 6.64. The van der Waals surface area contributed by atoms with Gasteiger partial charge in [0.25, 0.3) is 5.91 Å². The fourth-order valence-electron chi connectivity index (χ4n) is 3.22. The molecule has 0 N–H and O–H groups in total. The maximum Gasteiger partial charge on any atom is 0.289 e. The quantitative estimate of drug-likeness (QED) is 0.524. The maximum atomic E-state index is 12.7. The molecule has 1 aromatic heterocycles. The Balaban J connectivity index is 1.42. The van der Waals surface area contributed by atoms with Crippen LogP contribution in [0.4, 0.5) is 0 Å². The Hall–Kier alpha value is -2.30. The normalized spacial score (nSPS) is 16.9. The van der Waals surface area contributed by atoms with E-state index in [1.165, 1.54) is 0 Å². The molecule has 2 heterocycles. The van der Waals surface area contributed by atoms with Crippen molar-refractivity contribution in [3.8, 4) is 0 Å². The van der Waals surface area contributed by atoms with Crippen LogP contribution in [0.2, 0.25) is 0 Å². The number of nitrogens with zero attached hydrogens (tertiary/aromatic N) is 2. The van der Waals surface area contributed by atoms with Crippen LogP contribution in [0.3, 0.4) is 0 Å². The van der Waals surface area contributed by atoms with Crippen LogP contribution in [0.15, 0.2) is 65.1 Å². The molecule has 0 spiro atoms. The average Bonchev–Trinajstić information content (AvgIpc) is 3.12. The van der Waals surface area contributed by atoms with Gasteiger partial charge in [0.1, 0.15) is 11.1 Å². The van der Waals surface area contributed by atoms with Crippen molar-refractivity contribution >= 4 is 28.5 Å². The summed E-state index contributed by atoms with van der Waals surface area (Å²) in [5.74, 6) is 0.349. The Morgan fingerprint density at radius 2 is 1.64 bits per heavy atom. The zero-order chi connectivity index (χ0) is 17.2. The Labute approximate surface area is 151 Å². The Morgan fingerprint density at radius 1 is 0.960 bits per heavy atom. The molecule has 0 bridgehead atoms. The van der Waals surface area contributed by atoms with E-state index in [0.29, 0.717) is 18.8 Å². The van der Waals surface area contributed by atoms with E-state index in [0.717, 1.165) is 29.6 Å². The van der Waals surface area contributed by atoms with Crippen molar-refractivity contribution in [2.24, 2.45) is 0 Å². The molecule has 4 nitrogen and oxygen atoms in total. The molecule has 2 aromatic carbocycles. The number of carbonyl (C=O) groups excluding carboxylic acids is 1. The maximum absolute atomic E-state index is 12.7. The van der Waals surface area contributed by atoms with Crippen molar-refractivity contribution in [2.75, 3.05) is 26.2 Å². The molecule has 1 unspecified atom stereocenters. The summed E-state index contributed by atoms with van der Waals surface area (Å²) in [6, 6.07) is 19.5. The van der Waals surface area contributed by atoms with Crippen molar-refractivity contribution in [3.63, 3.8) is 0 Å². The number of piperazine rings is 1. The molecule has 1 aliphatic rings. The van der Waals surface area contributed by atoms with Gasteiger partial charge in [-0.1, -0.05) is 48.5 Å². The number of alkyl halides is 1. The number of hydrogen-bond donors (Lipinski definition) is 0. The fraction of sp³-hybridized carbons (Fsp3) is 0.250. The summed E-state index contributed by atoms with van der Waals surface area (Å²) in [6.45, 7) is 2.78. The van der Waals surface area contributed by atoms with Gasteiger partial charge in [-0.05, 0) is 17.7 Å². The molecular weight excluding hydrogens is 336 g/mol. The van der Waals surface area contributed by atoms with Crippen LogP contribution in [-0.2, 0) is 0 Å². The number of benzene rings is 2. The lowest BCUT2D eigenvalue weighted by Gasteiger charge is -2.36. The number of fused-ring (bicyclic) bond motifs is 1. The molecule has 1 saturated heterocycles. The van der Waals surface area contributed by atoms with E-state index < -0.39 is 0 Å². The van der Waals surface area contributed by atoms with Crippen LogP contribution >= 0.6 is 11.6 Å². The monoisotopic (exact) mass is 354 g/mol. The van der Waals surface area contributed by atoms with Crippen LogP contribution in [0, 0.1) is 0 Å². The van der Waals surface area contributed by atoms with Crippen molar-refractivity contribution in [3.05, 3.63) is 72.0 Å². The highest BCUT2D eigenvalue weighted by Crippen LogP contribution is 2.26. The Kier molecular flexibility index (Phi) is 4.47. The molecule has 25 heavy (non-hydrogen) atoms. The van der Waals surface area contributed by atoms with Gasteiger partial charge in [0.2, 0.25) is 0 Å². The number of hydrogen-bond acceptors (Lipinski definition) is 3. The van der Waals surface area contributed by atoms with Gasteiger partial charge >= 0.3 is 0 Å². The smallest absolute Gasteiger partial charge is 0.289 e. The van der Waals surface area contributed by atoms with Gasteiger partial charge in [-0.15, -0.1) is 11.6 Å². The molecule has 128 valence electrons. The molecule has 1 aliphatic heterocycles. The first kappa shape index (κ1) is 16.2. The number of amides is 1. The molecular formula is C20H19ClN2O2. The van der Waals surface area contributed by atoms with E-state index in [2.05, 4.69) is 4.90 Å². The predicted molar refractivity (Wildman–Crippen MR) is 98.7 cm³/mol. The van der Waals surface area contributed by atoms with Gasteiger partial charge in [0, 0.05) is 31.6 Å². The summed E-state index contributed by atoms with van der Waals surface area (Å²) in [7, 11) is 0. The Bertz CT molecular complexity index is 837. The number of rotatable bonds is 3. The molecule has 1 fully saturated rings. The van der Waals surface area contributed by atoms with E-state index in [1.807, 2.05) is 65.6 Å². The van der Waals surface area contributed by atoms with Gasteiger partial charge in [-0.2, -0.15) is 0 Å². The van der Waals surface area contributed by atoms with Crippen molar-refractivity contribution in [1.82, 2.24) is 9.80 Å². The van der Waals surface area contributed by atoms with Gasteiger partial charge in [0.05, 0.1) is 0 Å². The average molecular weight is 355 g/mol. The zero-order valence-corrected chi connectivity index (χ0v) is 14.5. The van der Waals surface area contributed by atoms with Crippen molar-refractivity contribution in [1.29, 1.82) is 0 Å². The molecule has 0 aliphatic carbocycles. The lowest BCUT2D eigenvalue weighted by molar-refractivity contribution is 0.0591. The fourth-order valence-corrected chi connectivity index (χ4v) is 3.56. The summed E-state index contributed by atoms with van der Waals surface area (Å²) >= 11 is 6.59. The first-order valence-electron chi connectivity index (χ1n) is 8.43. The number of para-hydroxylation sites is 1. The highest BCUT2D eigenvalue weighted by atomic mass is 35.5. The van der Waals surface area contributed by atoms with Gasteiger partial charge < -0.3 is 9.32 Å². The first-order valence-corrected chi connectivity index (χ1v) is 8.87. The second-order valence-electron chi connectivity index (χ2n) is 6.22. The summed E-state index contributed by atoms with van der Waals surface area (Å²) < 4.78 is 5.70. The van der Waals surface area contributed by atoms with Crippen LogP contribution in [-0.4, -0.2) is 41.9 Å². The summed E-state index contributed by atoms with van der Waals surface area (Å²) in [4.78, 5) is 16.7. The Morgan fingerprint density at radius 3 is 2.36 bits per heavy atom. The third-order valence-corrected chi connectivity index (χ3v) is 5.16. The third-order valence-electron chi connectivity index (χ3n) is 4.63. The molecule has 3 aromatic rings. The van der Waals surface area contributed by atoms with Gasteiger partial charge in [-0.25, -0.2) is 0 Å². The lowest BCUT2D eigenvalue weighted by Crippen LogP contribution is -2.48. The summed E-state index contributed by atoms with van der Waals surface area (Å²) in [6.07, 6.45) is 0. The SMILES string of the molecule is O=C(c1cc2ccccc2o1)N1CCN(C(Cl)c2ccccc2)CC1. The van der Waals surface area contributed by atoms with Crippen LogP contribution in [0.1, 0.15) is 21.6 Å². The second kappa shape index (κ2) is 6.90. The lowest BCUT2D eigenvalue weighted by atomic mass is 10.2. The number of carbonyl (C=O) groups is 1. The topological polar surface area (TPSA) is 36.7 Å². The van der Waals surface area contributed by atoms with Crippen LogP contribution in [0.25, 0.3) is 11.0 Å². The largest absolute Gasteiger partial charge is 0.451 e. The molecule has 0 saturated carbocycles. The zero-order valence-electron chi connectivity index (χ0n) is 13.8. The predicted octanol–water partition coefficient (Wildman–Crippen LogP) is 4.13. The highest BCUT2D eigenvalue weighted by molar-refractivity contribution is 6.20. The van der Waals surface area contributed by atoms with Crippen molar-refractivity contribution < 1.29 is 9.21 Å². The standard InChI is InChI=1S/C20H19ClN2O2/c21-19(15-6-2-1-3-7-15)22-10-12-23(13-11-22)20(24)18-14-16-8-4-5-9-17(16)25-18/h1-9,14,19H,10-13H2. The van der Waals surface area contributed by atoms with Crippen molar-refractivity contribution in [2.45, 2.75) is 5.50 Å². The van der Waals surface area contributed by atoms with Gasteiger partial charge in [-0.3, -0.25) is 9.69 Å². The summed E-state index contributed by atoms with van der Waals surface area (Å²) in [5.41, 5.74) is 1.67. The van der Waals surface area contributed by atoms with Crippen LogP contribution < -0.4 is 0 Å². The van der Waals surface area contributed by atoms with E-state index in [-0.39, 0.29) is 11.4 Å². The molecule has 1 atom stereocenters. The first-order chi connectivity index (χ1) is 12.2. The van der Waals surface area contributed by atoms with E-state index >= 15 is 0 Å². The van der Waals surface area contributed by atoms with E-state index in [4.69, 9.17) is 16.0 Å². The van der Waals surface area contributed by atoms with E-state index in [1.54, 1.807) is 0 Å². The van der Waals surface area contributed by atoms with Gasteiger partial charge in [0.15, 0.2) is 5.76 Å². The highest BCUT2D eigenvalue weighted by Gasteiger charge is 2.27. The molecule has 1 amide bonds. The number of halogens is 1. The molecule has 5 heteroatoms. The minimum atomic E-state index is -0.162. The third kappa shape index (κ3) is 3.28. The summed E-state index contributed by atoms with van der Waals surface area (Å²) in [5, 5.41) is 0.953. The minimum Gasteiger partial charge on any atom is -0.451 e. The molecule has 4 rings (SSSR count). The van der Waals surface area contributed by atoms with Crippen LogP contribution in [0.5, 0.6) is 0 Å². The van der Waals surface area contributed by atoms with E-state index in [9.17, 15) is 4.79 Å². The minimum absolute atomic E-state index is 0.0540.